The number of alkyl halides is 3. The molecule has 1 aliphatic heterocycles. The number of carbonyl (C=O) groups is 1. The first kappa shape index (κ1) is 24.6. The highest BCUT2D eigenvalue weighted by atomic mass is 32.1. The van der Waals surface area contributed by atoms with Gasteiger partial charge < -0.3 is 5.11 Å². The Hall–Kier alpha value is -2.04. The van der Waals surface area contributed by atoms with E-state index < -0.39 is 23.8 Å². The van der Waals surface area contributed by atoms with Gasteiger partial charge in [0.05, 0.1) is 11.7 Å². The Kier molecular flexibility index (Phi) is 7.26. The molecule has 6 nitrogen and oxygen atoms in total. The van der Waals surface area contributed by atoms with E-state index in [2.05, 4.69) is 10.1 Å². The molecule has 0 unspecified atom stereocenters. The number of benzene rings is 1. The Morgan fingerprint density at radius 2 is 1.97 bits per heavy atom. The van der Waals surface area contributed by atoms with Crippen LogP contribution in [-0.4, -0.2) is 44.9 Å². The summed E-state index contributed by atoms with van der Waals surface area (Å²) >= 11 is 1.28. The first-order chi connectivity index (χ1) is 14.9. The second kappa shape index (κ2) is 9.44. The maximum Gasteiger partial charge on any atom is 0.416 e. The summed E-state index contributed by atoms with van der Waals surface area (Å²) in [5.41, 5.74) is -0.745. The second-order valence-corrected chi connectivity index (χ2v) is 10.1. The zero-order chi connectivity index (χ0) is 23.7. The van der Waals surface area contributed by atoms with E-state index in [-0.39, 0.29) is 17.5 Å². The number of halogens is 3. The smallest absolute Gasteiger partial charge is 0.390 e. The molecular formula is C22H29F3N4O2S. The standard InChI is InChI=1S/C22H29F3N4O2S/c1-5-6-9-29-20(32-19(27-29)21(2,3)4)26-18(31)17-10-15(22(23,24)25)8-7-14(17)11-28-12-16(30)13-28/h7-8,10,16,30H,5-6,9,11-13H2,1-4H3/b26-20-. The van der Waals surface area contributed by atoms with Crippen LogP contribution in [-0.2, 0) is 24.7 Å². The van der Waals surface area contributed by atoms with Crippen LogP contribution >= 0.6 is 11.3 Å². The minimum Gasteiger partial charge on any atom is -0.390 e. The van der Waals surface area contributed by atoms with E-state index in [4.69, 9.17) is 0 Å². The number of amides is 1. The van der Waals surface area contributed by atoms with Crippen molar-refractivity contribution in [1.82, 2.24) is 14.7 Å². The molecule has 1 aromatic heterocycles. The number of aryl methyl sites for hydroxylation is 1. The lowest BCUT2D eigenvalue weighted by atomic mass is 9.98. The van der Waals surface area contributed by atoms with Crippen LogP contribution in [0.25, 0.3) is 0 Å². The van der Waals surface area contributed by atoms with E-state index in [9.17, 15) is 23.1 Å². The molecule has 32 heavy (non-hydrogen) atoms. The number of hydrogen-bond donors (Lipinski definition) is 1. The number of aromatic nitrogens is 2. The van der Waals surface area contributed by atoms with Crippen LogP contribution in [0.2, 0.25) is 0 Å². The van der Waals surface area contributed by atoms with E-state index >= 15 is 0 Å². The molecule has 0 bridgehead atoms. The van der Waals surface area contributed by atoms with Gasteiger partial charge >= 0.3 is 6.18 Å². The van der Waals surface area contributed by atoms with Crippen molar-refractivity contribution in [3.05, 3.63) is 44.7 Å². The molecule has 1 amide bonds. The molecule has 1 aliphatic rings. The van der Waals surface area contributed by atoms with Gasteiger partial charge in [-0.2, -0.15) is 23.3 Å². The molecule has 0 saturated carbocycles. The number of aliphatic hydroxyl groups excluding tert-OH is 1. The number of nitrogens with zero attached hydrogens (tertiary/aromatic N) is 4. The zero-order valence-electron chi connectivity index (χ0n) is 18.7. The predicted octanol–water partition coefficient (Wildman–Crippen LogP) is 3.98. The zero-order valence-corrected chi connectivity index (χ0v) is 19.6. The van der Waals surface area contributed by atoms with Crippen molar-refractivity contribution < 1.29 is 23.1 Å². The van der Waals surface area contributed by atoms with Crippen molar-refractivity contribution in [2.24, 2.45) is 4.99 Å². The summed E-state index contributed by atoms with van der Waals surface area (Å²) in [6, 6.07) is 3.18. The molecule has 10 heteroatoms. The Morgan fingerprint density at radius 1 is 1.28 bits per heavy atom. The first-order valence-corrected chi connectivity index (χ1v) is 11.5. The van der Waals surface area contributed by atoms with Crippen LogP contribution < -0.4 is 4.80 Å². The van der Waals surface area contributed by atoms with E-state index in [1.165, 1.54) is 17.4 Å². The average Bonchev–Trinajstić information content (AvgIpc) is 3.07. The molecule has 0 radical (unpaired) electrons. The average molecular weight is 471 g/mol. The number of rotatable bonds is 6. The number of hydrogen-bond acceptors (Lipinski definition) is 5. The van der Waals surface area contributed by atoms with Crippen LogP contribution in [0.15, 0.2) is 23.2 Å². The number of likely N-dealkylation sites (tertiary alicyclic amines) is 1. The molecule has 176 valence electrons. The van der Waals surface area contributed by atoms with Crippen LogP contribution in [0.3, 0.4) is 0 Å². The second-order valence-electron chi connectivity index (χ2n) is 9.15. The van der Waals surface area contributed by atoms with E-state index in [0.29, 0.717) is 30.0 Å². The van der Waals surface area contributed by atoms with E-state index in [1.807, 2.05) is 32.6 Å². The van der Waals surface area contributed by atoms with Crippen LogP contribution in [0.4, 0.5) is 13.2 Å². The molecular weight excluding hydrogens is 441 g/mol. The minimum atomic E-state index is -4.56. The third-order valence-corrected chi connectivity index (χ3v) is 6.55. The number of unbranched alkanes of at least 4 members (excludes halogenated alkanes) is 1. The van der Waals surface area contributed by atoms with Crippen molar-refractivity contribution in [2.45, 2.75) is 71.3 Å². The van der Waals surface area contributed by atoms with Crippen molar-refractivity contribution in [3.63, 3.8) is 0 Å². The fraction of sp³-hybridized carbons (Fsp3) is 0.591. The largest absolute Gasteiger partial charge is 0.416 e. The SMILES string of the molecule is CCCCn1nc(C(C)(C)C)s/c1=N\C(=O)c1cc(C(F)(F)F)ccc1CN1CC(O)C1. The molecule has 1 N–H and O–H groups in total. The van der Waals surface area contributed by atoms with Crippen LogP contribution in [0.1, 0.15) is 67.0 Å². The number of β-amino-alcohol motifs (C(OH)–C–C–N with tert-alkyl or cyclic N) is 1. The van der Waals surface area contributed by atoms with Crippen molar-refractivity contribution >= 4 is 17.2 Å². The Morgan fingerprint density at radius 3 is 2.53 bits per heavy atom. The highest BCUT2D eigenvalue weighted by molar-refractivity contribution is 7.09. The molecule has 1 fully saturated rings. The molecule has 0 spiro atoms. The summed E-state index contributed by atoms with van der Waals surface area (Å²) in [6.07, 6.45) is -3.23. The summed E-state index contributed by atoms with van der Waals surface area (Å²) in [6.45, 7) is 9.77. The highest BCUT2D eigenvalue weighted by Crippen LogP contribution is 2.31. The molecule has 2 heterocycles. The Labute approximate surface area is 189 Å². The third-order valence-electron chi connectivity index (χ3n) is 5.18. The van der Waals surface area contributed by atoms with Crippen molar-refractivity contribution in [3.8, 4) is 0 Å². The molecule has 0 aliphatic carbocycles. The van der Waals surface area contributed by atoms with Gasteiger partial charge in [0.1, 0.15) is 5.01 Å². The van der Waals surface area contributed by atoms with Gasteiger partial charge in [0.25, 0.3) is 5.91 Å². The lowest BCUT2D eigenvalue weighted by Gasteiger charge is -2.36. The fourth-order valence-electron chi connectivity index (χ4n) is 3.30. The summed E-state index contributed by atoms with van der Waals surface area (Å²) in [5.74, 6) is -0.721. The van der Waals surface area contributed by atoms with Gasteiger partial charge in [-0.25, -0.2) is 4.68 Å². The van der Waals surface area contributed by atoms with E-state index in [0.717, 1.165) is 30.0 Å². The maximum absolute atomic E-state index is 13.3. The van der Waals surface area contributed by atoms with Crippen LogP contribution in [0.5, 0.6) is 0 Å². The molecule has 3 rings (SSSR count). The third kappa shape index (κ3) is 5.85. The summed E-state index contributed by atoms with van der Waals surface area (Å²) < 4.78 is 41.6. The number of carbonyl (C=O) groups excluding carboxylic acids is 1. The summed E-state index contributed by atoms with van der Waals surface area (Å²) in [7, 11) is 0. The van der Waals surface area contributed by atoms with Gasteiger partial charge in [-0.3, -0.25) is 9.69 Å². The maximum atomic E-state index is 13.3. The van der Waals surface area contributed by atoms with Crippen LogP contribution in [0, 0.1) is 0 Å². The van der Waals surface area contributed by atoms with Gasteiger partial charge in [-0.1, -0.05) is 51.5 Å². The molecule has 1 saturated heterocycles. The monoisotopic (exact) mass is 470 g/mol. The van der Waals surface area contributed by atoms with E-state index in [1.54, 1.807) is 4.68 Å². The lowest BCUT2D eigenvalue weighted by Crippen LogP contribution is -2.50. The Bertz CT molecular complexity index is 1030. The molecule has 2 aromatic rings. The fourth-order valence-corrected chi connectivity index (χ4v) is 4.28. The normalized spacial score (nSPS) is 16.4. The topological polar surface area (TPSA) is 70.7 Å². The molecule has 1 aromatic carbocycles. The van der Waals surface area contributed by atoms with Crippen molar-refractivity contribution in [1.29, 1.82) is 0 Å². The van der Waals surface area contributed by atoms with Gasteiger partial charge in [-0.05, 0) is 24.1 Å². The predicted molar refractivity (Wildman–Crippen MR) is 116 cm³/mol. The van der Waals surface area contributed by atoms with Gasteiger partial charge in [0, 0.05) is 37.2 Å². The number of aliphatic hydroxyl groups is 1. The lowest BCUT2D eigenvalue weighted by molar-refractivity contribution is -0.137. The van der Waals surface area contributed by atoms with Gasteiger partial charge in [0.15, 0.2) is 0 Å². The minimum absolute atomic E-state index is 0.0750. The van der Waals surface area contributed by atoms with Crippen molar-refractivity contribution in [2.75, 3.05) is 13.1 Å². The Balaban J connectivity index is 2.03. The highest BCUT2D eigenvalue weighted by Gasteiger charge is 2.33. The first-order valence-electron chi connectivity index (χ1n) is 10.7. The summed E-state index contributed by atoms with van der Waals surface area (Å²) in [4.78, 5) is 19.6. The molecule has 0 atom stereocenters. The van der Waals surface area contributed by atoms with Gasteiger partial charge in [-0.15, -0.1) is 0 Å². The van der Waals surface area contributed by atoms with Gasteiger partial charge in [0.2, 0.25) is 4.80 Å². The summed E-state index contributed by atoms with van der Waals surface area (Å²) in [5, 5.41) is 14.9. The quantitative estimate of drug-likeness (QED) is 0.693.